The summed E-state index contributed by atoms with van der Waals surface area (Å²) in [6.45, 7) is 1.83. The van der Waals surface area contributed by atoms with Crippen LogP contribution in [0, 0.1) is 0 Å². The third-order valence-corrected chi connectivity index (χ3v) is 4.46. The second kappa shape index (κ2) is 9.60. The Balaban J connectivity index is 0.00000261. The van der Waals surface area contributed by atoms with Gasteiger partial charge >= 0.3 is 0 Å². The zero-order valence-corrected chi connectivity index (χ0v) is 16.1. The van der Waals surface area contributed by atoms with Crippen LogP contribution in [0.4, 0.5) is 0 Å². The highest BCUT2D eigenvalue weighted by atomic mass is 35.5. The summed E-state index contributed by atoms with van der Waals surface area (Å²) in [6, 6.07) is 14.2. The number of hydrogen-bond acceptors (Lipinski definition) is 4. The van der Waals surface area contributed by atoms with Gasteiger partial charge in [0.05, 0.1) is 6.04 Å². The van der Waals surface area contributed by atoms with Gasteiger partial charge in [-0.15, -0.1) is 12.4 Å². The first-order chi connectivity index (χ1) is 12.5. The average Bonchev–Trinajstić information content (AvgIpc) is 2.66. The lowest BCUT2D eigenvalue weighted by molar-refractivity contribution is -0.119. The molecule has 1 atom stereocenters. The van der Waals surface area contributed by atoms with Crippen molar-refractivity contribution in [3.8, 4) is 5.75 Å². The van der Waals surface area contributed by atoms with Gasteiger partial charge in [-0.2, -0.15) is 0 Å². The zero-order chi connectivity index (χ0) is 18.5. The number of nitrogens with one attached hydrogen (secondary N) is 1. The standard InChI is InChI=1S/C19H20ClN3O3.ClH/c20-15-3-1-2-14(10-15)17-11-22-8-9-23(17)19(25)13-4-6-16(7-5-13)26-12-18(21)24;/h1-7,10,17,22H,8-9,11-12H2,(H2,21,24);1H. The van der Waals surface area contributed by atoms with Crippen LogP contribution in [-0.4, -0.2) is 43.0 Å². The van der Waals surface area contributed by atoms with Gasteiger partial charge in [0, 0.05) is 30.2 Å². The Labute approximate surface area is 169 Å². The van der Waals surface area contributed by atoms with Crippen molar-refractivity contribution in [1.29, 1.82) is 0 Å². The monoisotopic (exact) mass is 409 g/mol. The lowest BCUT2D eigenvalue weighted by Crippen LogP contribution is -2.48. The van der Waals surface area contributed by atoms with E-state index in [2.05, 4.69) is 5.32 Å². The predicted octanol–water partition coefficient (Wildman–Crippen LogP) is 2.41. The largest absolute Gasteiger partial charge is 0.484 e. The summed E-state index contributed by atoms with van der Waals surface area (Å²) in [5, 5.41) is 3.97. The van der Waals surface area contributed by atoms with Gasteiger partial charge in [0.25, 0.3) is 11.8 Å². The predicted molar refractivity (Wildman–Crippen MR) is 106 cm³/mol. The summed E-state index contributed by atoms with van der Waals surface area (Å²) in [6.07, 6.45) is 0. The van der Waals surface area contributed by atoms with Crippen molar-refractivity contribution < 1.29 is 14.3 Å². The molecule has 0 bridgehead atoms. The molecule has 144 valence electrons. The van der Waals surface area contributed by atoms with Gasteiger partial charge in [-0.3, -0.25) is 9.59 Å². The van der Waals surface area contributed by atoms with Crippen molar-refractivity contribution in [3.05, 3.63) is 64.7 Å². The van der Waals surface area contributed by atoms with E-state index in [0.717, 1.165) is 12.1 Å². The fourth-order valence-corrected chi connectivity index (χ4v) is 3.17. The van der Waals surface area contributed by atoms with E-state index in [1.165, 1.54) is 0 Å². The molecule has 1 fully saturated rings. The molecule has 27 heavy (non-hydrogen) atoms. The van der Waals surface area contributed by atoms with E-state index in [9.17, 15) is 9.59 Å². The minimum atomic E-state index is -0.546. The number of amides is 2. The number of nitrogens with two attached hydrogens (primary N) is 1. The Morgan fingerprint density at radius 1 is 1.22 bits per heavy atom. The van der Waals surface area contributed by atoms with Gasteiger partial charge in [0.15, 0.2) is 6.61 Å². The number of rotatable bonds is 5. The lowest BCUT2D eigenvalue weighted by Gasteiger charge is -2.36. The van der Waals surface area contributed by atoms with Crippen LogP contribution in [0.25, 0.3) is 0 Å². The van der Waals surface area contributed by atoms with Crippen LogP contribution < -0.4 is 15.8 Å². The molecule has 0 radical (unpaired) electrons. The second-order valence-electron chi connectivity index (χ2n) is 6.05. The Kier molecular flexibility index (Phi) is 7.47. The minimum Gasteiger partial charge on any atom is -0.484 e. The third-order valence-electron chi connectivity index (χ3n) is 4.22. The molecule has 3 rings (SSSR count). The SMILES string of the molecule is Cl.NC(=O)COc1ccc(C(=O)N2CCNCC2c2cccc(Cl)c2)cc1. The molecule has 1 heterocycles. The number of ether oxygens (including phenoxy) is 1. The van der Waals surface area contributed by atoms with Gasteiger partial charge in [-0.1, -0.05) is 23.7 Å². The van der Waals surface area contributed by atoms with E-state index in [0.29, 0.717) is 29.4 Å². The van der Waals surface area contributed by atoms with Crippen molar-refractivity contribution in [2.75, 3.05) is 26.2 Å². The molecule has 2 aromatic carbocycles. The molecule has 0 saturated carbocycles. The highest BCUT2D eigenvalue weighted by Gasteiger charge is 2.28. The summed E-state index contributed by atoms with van der Waals surface area (Å²) in [5.74, 6) is -0.111. The van der Waals surface area contributed by atoms with E-state index in [1.54, 1.807) is 24.3 Å². The Morgan fingerprint density at radius 2 is 1.96 bits per heavy atom. The first-order valence-electron chi connectivity index (χ1n) is 8.33. The number of carbonyl (C=O) groups is 2. The van der Waals surface area contributed by atoms with Crippen molar-refractivity contribution >= 4 is 35.8 Å². The number of piperazine rings is 1. The molecule has 1 unspecified atom stereocenters. The molecule has 8 heteroatoms. The fraction of sp³-hybridized carbons (Fsp3) is 0.263. The molecular weight excluding hydrogens is 389 g/mol. The van der Waals surface area contributed by atoms with Crippen LogP contribution in [0.15, 0.2) is 48.5 Å². The van der Waals surface area contributed by atoms with E-state index >= 15 is 0 Å². The first-order valence-corrected chi connectivity index (χ1v) is 8.71. The number of benzene rings is 2. The van der Waals surface area contributed by atoms with Crippen LogP contribution >= 0.6 is 24.0 Å². The summed E-state index contributed by atoms with van der Waals surface area (Å²) >= 11 is 6.11. The first kappa shape index (κ1) is 21.0. The Hall–Kier alpha value is -2.28. The van der Waals surface area contributed by atoms with Crippen molar-refractivity contribution in [1.82, 2.24) is 10.2 Å². The normalized spacial score (nSPS) is 16.3. The number of nitrogens with zero attached hydrogens (tertiary/aromatic N) is 1. The van der Waals surface area contributed by atoms with E-state index in [-0.39, 0.29) is 31.0 Å². The van der Waals surface area contributed by atoms with Crippen molar-refractivity contribution in [3.63, 3.8) is 0 Å². The molecule has 0 aromatic heterocycles. The van der Waals surface area contributed by atoms with Crippen molar-refractivity contribution in [2.45, 2.75) is 6.04 Å². The molecule has 1 saturated heterocycles. The molecule has 1 aliphatic rings. The highest BCUT2D eigenvalue weighted by molar-refractivity contribution is 6.30. The quantitative estimate of drug-likeness (QED) is 0.793. The smallest absolute Gasteiger partial charge is 0.255 e. The van der Waals surface area contributed by atoms with E-state index in [1.807, 2.05) is 29.2 Å². The van der Waals surface area contributed by atoms with Crippen LogP contribution in [0.2, 0.25) is 5.02 Å². The maximum atomic E-state index is 13.0. The second-order valence-corrected chi connectivity index (χ2v) is 6.49. The molecule has 1 aliphatic heterocycles. The molecule has 6 nitrogen and oxygen atoms in total. The topological polar surface area (TPSA) is 84.7 Å². The fourth-order valence-electron chi connectivity index (χ4n) is 2.97. The van der Waals surface area contributed by atoms with Gasteiger partial charge < -0.3 is 20.7 Å². The molecule has 0 spiro atoms. The average molecular weight is 410 g/mol. The third kappa shape index (κ3) is 5.35. The number of halogens is 2. The summed E-state index contributed by atoms with van der Waals surface area (Å²) in [7, 11) is 0. The van der Waals surface area contributed by atoms with E-state index in [4.69, 9.17) is 22.1 Å². The van der Waals surface area contributed by atoms with Gasteiger partial charge in [-0.05, 0) is 42.0 Å². The number of hydrogen-bond donors (Lipinski definition) is 2. The molecule has 2 amide bonds. The maximum absolute atomic E-state index is 13.0. The van der Waals surface area contributed by atoms with Gasteiger partial charge in [-0.25, -0.2) is 0 Å². The summed E-state index contributed by atoms with van der Waals surface area (Å²) < 4.78 is 5.23. The lowest BCUT2D eigenvalue weighted by atomic mass is 10.0. The van der Waals surface area contributed by atoms with Gasteiger partial charge in [0.1, 0.15) is 5.75 Å². The van der Waals surface area contributed by atoms with Crippen LogP contribution in [0.1, 0.15) is 22.0 Å². The summed E-state index contributed by atoms with van der Waals surface area (Å²) in [4.78, 5) is 25.6. The van der Waals surface area contributed by atoms with Crippen LogP contribution in [-0.2, 0) is 4.79 Å². The molecular formula is C19H21Cl2N3O3. The van der Waals surface area contributed by atoms with E-state index < -0.39 is 5.91 Å². The minimum absolute atomic E-state index is 0. The number of primary amides is 1. The van der Waals surface area contributed by atoms with Gasteiger partial charge in [0.2, 0.25) is 0 Å². The molecule has 0 aliphatic carbocycles. The Morgan fingerprint density at radius 3 is 2.63 bits per heavy atom. The maximum Gasteiger partial charge on any atom is 0.255 e. The van der Waals surface area contributed by atoms with Crippen LogP contribution in [0.5, 0.6) is 5.75 Å². The van der Waals surface area contributed by atoms with Crippen molar-refractivity contribution in [2.24, 2.45) is 5.73 Å². The molecule has 2 aromatic rings. The zero-order valence-electron chi connectivity index (χ0n) is 14.6. The Bertz CT molecular complexity index is 799. The molecule has 3 N–H and O–H groups in total. The summed E-state index contributed by atoms with van der Waals surface area (Å²) in [5.41, 5.74) is 6.62. The number of carbonyl (C=O) groups excluding carboxylic acids is 2. The highest BCUT2D eigenvalue weighted by Crippen LogP contribution is 2.26. The van der Waals surface area contributed by atoms with Crippen LogP contribution in [0.3, 0.4) is 0 Å².